The number of anilines is 1. The van der Waals surface area contributed by atoms with E-state index >= 15 is 0 Å². The smallest absolute Gasteiger partial charge is 0.430 e. The molecule has 3 amide bonds. The summed E-state index contributed by atoms with van der Waals surface area (Å²) in [6.07, 6.45) is -8.48. The van der Waals surface area contributed by atoms with Crippen LogP contribution in [0.5, 0.6) is 11.5 Å². The molecule has 0 aliphatic carbocycles. The van der Waals surface area contributed by atoms with Crippen molar-refractivity contribution in [1.29, 1.82) is 0 Å². The second-order valence-corrected chi connectivity index (χ2v) is 11.5. The van der Waals surface area contributed by atoms with Crippen LogP contribution < -0.4 is 19.7 Å². The summed E-state index contributed by atoms with van der Waals surface area (Å²) in [5, 5.41) is 12.3. The quantitative estimate of drug-likeness (QED) is 0.0779. The topological polar surface area (TPSA) is 97.3 Å². The maximum absolute atomic E-state index is 13.7. The van der Waals surface area contributed by atoms with Gasteiger partial charge in [0.25, 0.3) is 11.5 Å². The number of benzene rings is 2. The van der Waals surface area contributed by atoms with Gasteiger partial charge in [-0.2, -0.15) is 26.3 Å². The van der Waals surface area contributed by atoms with Gasteiger partial charge in [0, 0.05) is 11.6 Å². The molecule has 3 rings (SSSR count). The molecule has 1 fully saturated rings. The molecule has 1 heterocycles. The average molecular weight is 677 g/mol. The number of nitrogens with one attached hydrogen (secondary N) is 1. The van der Waals surface area contributed by atoms with Crippen molar-refractivity contribution in [3.8, 4) is 11.5 Å². The Morgan fingerprint density at radius 1 is 0.809 bits per heavy atom. The fourth-order valence-corrected chi connectivity index (χ4v) is 5.38. The standard InChI is InChI=1S/C33H42F6N2O6/c1-5-10-23-17-25(31(44,32(34,35)36)33(37,38)39)18-24(11-6-2)28(23)46-14-9-8-12-22-15-26(41-21(4)29(42)40-30(41)43)19-27(16-22)47-20-45-13-7-3/h15-19,21,44H,5-14,20H2,1-4H3,(H,40,42,43). The van der Waals surface area contributed by atoms with Gasteiger partial charge in [-0.3, -0.25) is 15.0 Å². The molecule has 0 aromatic heterocycles. The Bertz CT molecular complexity index is 1340. The number of aliphatic hydroxyl groups is 1. The number of imide groups is 1. The second kappa shape index (κ2) is 16.1. The Kier molecular flexibility index (Phi) is 13.0. The van der Waals surface area contributed by atoms with Crippen LogP contribution >= 0.6 is 0 Å². The van der Waals surface area contributed by atoms with Crippen LogP contribution in [0, 0.1) is 0 Å². The molecule has 0 spiro atoms. The number of urea groups is 1. The first-order valence-electron chi connectivity index (χ1n) is 15.7. The van der Waals surface area contributed by atoms with Crippen LogP contribution in [0.15, 0.2) is 30.3 Å². The molecule has 2 aromatic rings. The molecule has 262 valence electrons. The Labute approximate surface area is 270 Å². The Morgan fingerprint density at radius 2 is 1.43 bits per heavy atom. The monoisotopic (exact) mass is 676 g/mol. The van der Waals surface area contributed by atoms with Gasteiger partial charge >= 0.3 is 18.4 Å². The van der Waals surface area contributed by atoms with Crippen LogP contribution in [-0.4, -0.2) is 55.4 Å². The lowest BCUT2D eigenvalue weighted by atomic mass is 9.87. The average Bonchev–Trinajstić information content (AvgIpc) is 3.24. The highest BCUT2D eigenvalue weighted by atomic mass is 19.4. The third-order valence-corrected chi connectivity index (χ3v) is 7.73. The van der Waals surface area contributed by atoms with Crippen molar-refractivity contribution in [2.24, 2.45) is 0 Å². The molecule has 0 saturated carbocycles. The fraction of sp³-hybridized carbons (Fsp3) is 0.576. The predicted octanol–water partition coefficient (Wildman–Crippen LogP) is 7.51. The maximum Gasteiger partial charge on any atom is 0.430 e. The van der Waals surface area contributed by atoms with Gasteiger partial charge in [-0.25, -0.2) is 4.79 Å². The molecule has 1 aliphatic heterocycles. The summed E-state index contributed by atoms with van der Waals surface area (Å²) in [5.74, 6) is 0.244. The van der Waals surface area contributed by atoms with Crippen molar-refractivity contribution >= 4 is 17.6 Å². The SMILES string of the molecule is CCCOCOc1cc(CCCCOc2c(CCC)cc(C(O)(C(F)(F)F)C(F)(F)F)cc2CCC)cc(N2C(=O)NC(=O)C2C)c1. The van der Waals surface area contributed by atoms with Crippen molar-refractivity contribution in [1.82, 2.24) is 5.32 Å². The number of rotatable bonds is 17. The summed E-state index contributed by atoms with van der Waals surface area (Å²) in [4.78, 5) is 25.9. The van der Waals surface area contributed by atoms with Gasteiger partial charge in [-0.05, 0) is 86.4 Å². The lowest BCUT2D eigenvalue weighted by Crippen LogP contribution is -2.54. The van der Waals surface area contributed by atoms with Crippen LogP contribution in [0.3, 0.4) is 0 Å². The molecule has 2 N–H and O–H groups in total. The van der Waals surface area contributed by atoms with E-state index in [-0.39, 0.29) is 43.1 Å². The van der Waals surface area contributed by atoms with E-state index in [0.717, 1.165) is 24.1 Å². The number of alkyl halides is 6. The number of carbonyl (C=O) groups is 2. The molecule has 0 radical (unpaired) electrons. The van der Waals surface area contributed by atoms with Gasteiger partial charge in [-0.15, -0.1) is 0 Å². The first-order valence-corrected chi connectivity index (χ1v) is 15.7. The van der Waals surface area contributed by atoms with Gasteiger partial charge in [0.05, 0.1) is 18.9 Å². The highest BCUT2D eigenvalue weighted by Gasteiger charge is 2.71. The van der Waals surface area contributed by atoms with E-state index in [9.17, 15) is 41.0 Å². The van der Waals surface area contributed by atoms with E-state index in [0.29, 0.717) is 50.1 Å². The van der Waals surface area contributed by atoms with Crippen LogP contribution in [-0.2, 0) is 34.4 Å². The molecule has 1 saturated heterocycles. The number of amides is 3. The highest BCUT2D eigenvalue weighted by Crippen LogP contribution is 2.51. The van der Waals surface area contributed by atoms with Gasteiger partial charge in [-0.1, -0.05) is 33.6 Å². The van der Waals surface area contributed by atoms with E-state index in [2.05, 4.69) is 5.32 Å². The van der Waals surface area contributed by atoms with Crippen molar-refractivity contribution in [3.05, 3.63) is 52.6 Å². The van der Waals surface area contributed by atoms with Crippen LogP contribution in [0.2, 0.25) is 0 Å². The number of hydrogen-bond acceptors (Lipinski definition) is 6. The summed E-state index contributed by atoms with van der Waals surface area (Å²) in [6.45, 7) is 7.66. The molecule has 47 heavy (non-hydrogen) atoms. The molecule has 1 atom stereocenters. The molecular weight excluding hydrogens is 634 g/mol. The van der Waals surface area contributed by atoms with E-state index in [1.165, 1.54) is 4.90 Å². The Balaban J connectivity index is 1.80. The molecule has 8 nitrogen and oxygen atoms in total. The largest absolute Gasteiger partial charge is 0.493 e. The van der Waals surface area contributed by atoms with Gasteiger partial charge in [0.15, 0.2) is 6.79 Å². The van der Waals surface area contributed by atoms with Crippen molar-refractivity contribution in [3.63, 3.8) is 0 Å². The molecule has 0 bridgehead atoms. The Hall–Kier alpha value is -3.52. The molecule has 1 aliphatic rings. The minimum absolute atomic E-state index is 0.00638. The Morgan fingerprint density at radius 3 is 1.94 bits per heavy atom. The predicted molar refractivity (Wildman–Crippen MR) is 163 cm³/mol. The van der Waals surface area contributed by atoms with Gasteiger partial charge in [0.2, 0.25) is 0 Å². The number of aryl methyl sites for hydroxylation is 3. The van der Waals surface area contributed by atoms with Crippen molar-refractivity contribution in [2.45, 2.75) is 103 Å². The molecule has 2 aromatic carbocycles. The summed E-state index contributed by atoms with van der Waals surface area (Å²) in [5.41, 5.74) is -4.72. The first kappa shape index (κ1) is 37.9. The minimum atomic E-state index is -5.99. The van der Waals surface area contributed by atoms with Crippen LogP contribution in [0.1, 0.15) is 82.1 Å². The zero-order chi connectivity index (χ0) is 35.0. The third kappa shape index (κ3) is 8.89. The number of hydrogen-bond donors (Lipinski definition) is 2. The summed E-state index contributed by atoms with van der Waals surface area (Å²) < 4.78 is 99.2. The number of ether oxygens (including phenoxy) is 3. The van der Waals surface area contributed by atoms with Crippen LogP contribution in [0.4, 0.5) is 36.8 Å². The van der Waals surface area contributed by atoms with E-state index in [1.807, 2.05) is 6.92 Å². The van der Waals surface area contributed by atoms with E-state index in [1.54, 1.807) is 39.0 Å². The normalized spacial score (nSPS) is 15.7. The summed E-state index contributed by atoms with van der Waals surface area (Å²) >= 11 is 0. The zero-order valence-corrected chi connectivity index (χ0v) is 26.9. The first-order chi connectivity index (χ1) is 22.1. The van der Waals surface area contributed by atoms with Crippen molar-refractivity contribution < 1.29 is 55.2 Å². The third-order valence-electron chi connectivity index (χ3n) is 7.73. The fourth-order valence-electron chi connectivity index (χ4n) is 5.38. The minimum Gasteiger partial charge on any atom is -0.493 e. The number of halogens is 6. The van der Waals surface area contributed by atoms with Gasteiger partial charge in [0.1, 0.15) is 17.5 Å². The van der Waals surface area contributed by atoms with E-state index in [4.69, 9.17) is 14.2 Å². The maximum atomic E-state index is 13.7. The lowest BCUT2D eigenvalue weighted by Gasteiger charge is -2.33. The zero-order valence-electron chi connectivity index (χ0n) is 26.9. The lowest BCUT2D eigenvalue weighted by molar-refractivity contribution is -0.376. The van der Waals surface area contributed by atoms with E-state index < -0.39 is 41.5 Å². The molecular formula is C33H42F6N2O6. The summed E-state index contributed by atoms with van der Waals surface area (Å²) in [6, 6.07) is 5.42. The summed E-state index contributed by atoms with van der Waals surface area (Å²) in [7, 11) is 0. The number of nitrogens with zero attached hydrogens (tertiary/aromatic N) is 1. The van der Waals surface area contributed by atoms with Gasteiger partial charge < -0.3 is 19.3 Å². The second-order valence-electron chi connectivity index (χ2n) is 11.5. The molecule has 1 unspecified atom stereocenters. The molecule has 14 heteroatoms. The van der Waals surface area contributed by atoms with Crippen LogP contribution in [0.25, 0.3) is 0 Å². The highest BCUT2D eigenvalue weighted by molar-refractivity contribution is 6.14. The number of unbranched alkanes of at least 4 members (excludes halogenated alkanes) is 1. The number of carbonyl (C=O) groups excluding carboxylic acids is 2. The van der Waals surface area contributed by atoms with Crippen molar-refractivity contribution in [2.75, 3.05) is 24.9 Å².